The summed E-state index contributed by atoms with van der Waals surface area (Å²) in [6.07, 6.45) is -2.98. The van der Waals surface area contributed by atoms with Gasteiger partial charge in [-0.25, -0.2) is 0 Å². The molecule has 0 radical (unpaired) electrons. The van der Waals surface area contributed by atoms with E-state index in [2.05, 4.69) is 0 Å². The van der Waals surface area contributed by atoms with Crippen molar-refractivity contribution in [1.29, 1.82) is 0 Å². The molecule has 0 unspecified atom stereocenters. The molecule has 0 spiro atoms. The Morgan fingerprint density at radius 1 is 1.22 bits per heavy atom. The van der Waals surface area contributed by atoms with Gasteiger partial charge >= 0.3 is 6.18 Å². The quantitative estimate of drug-likeness (QED) is 0.489. The molecule has 23 heavy (non-hydrogen) atoms. The normalized spacial score (nSPS) is 11.8. The molecule has 2 aromatic rings. The number of nitrogens with zero attached hydrogens (tertiary/aromatic N) is 1. The lowest BCUT2D eigenvalue weighted by atomic mass is 10.1. The topological polar surface area (TPSA) is 96.4 Å². The number of furan rings is 1. The molecule has 0 atom stereocenters. The highest BCUT2D eigenvalue weighted by molar-refractivity contribution is 5.83. The van der Waals surface area contributed by atoms with Crippen LogP contribution in [0.1, 0.15) is 11.3 Å². The number of hydrogen-bond donors (Lipinski definition) is 0. The Balaban J connectivity index is 2.47. The number of carboxylic acids is 1. The molecule has 2 rings (SSSR count). The van der Waals surface area contributed by atoms with Crippen LogP contribution in [0.3, 0.4) is 0 Å². The van der Waals surface area contributed by atoms with E-state index < -0.39 is 28.3 Å². The van der Waals surface area contributed by atoms with Crippen molar-refractivity contribution in [2.24, 2.45) is 0 Å². The lowest BCUT2D eigenvalue weighted by Gasteiger charge is -2.07. The molecule has 1 heterocycles. The van der Waals surface area contributed by atoms with E-state index in [0.717, 1.165) is 12.1 Å². The second-order valence-corrected chi connectivity index (χ2v) is 4.34. The lowest BCUT2D eigenvalue weighted by molar-refractivity contribution is -0.384. The largest absolute Gasteiger partial charge is 0.545 e. The fourth-order valence-electron chi connectivity index (χ4n) is 1.80. The van der Waals surface area contributed by atoms with E-state index in [9.17, 15) is 33.2 Å². The van der Waals surface area contributed by atoms with Crippen LogP contribution < -0.4 is 5.11 Å². The van der Waals surface area contributed by atoms with Gasteiger partial charge in [0, 0.05) is 6.07 Å². The van der Waals surface area contributed by atoms with E-state index in [1.807, 2.05) is 0 Å². The molecule has 1 aromatic carbocycles. The molecule has 0 aliphatic rings. The number of hydrogen-bond acceptors (Lipinski definition) is 5. The number of nitro groups is 1. The summed E-state index contributed by atoms with van der Waals surface area (Å²) < 4.78 is 43.1. The van der Waals surface area contributed by atoms with Crippen LogP contribution in [0.4, 0.5) is 18.9 Å². The molecular weight excluding hydrogens is 319 g/mol. The molecule has 0 amide bonds. The van der Waals surface area contributed by atoms with Crippen LogP contribution in [0.5, 0.6) is 0 Å². The molecule has 0 saturated heterocycles. The second-order valence-electron chi connectivity index (χ2n) is 4.34. The number of alkyl halides is 3. The van der Waals surface area contributed by atoms with Crippen molar-refractivity contribution in [2.75, 3.05) is 0 Å². The number of carboxylic acid groups (broad SMARTS) is 1. The van der Waals surface area contributed by atoms with Crippen molar-refractivity contribution in [3.05, 3.63) is 57.8 Å². The number of halogens is 3. The maximum Gasteiger partial charge on any atom is 0.416 e. The molecule has 0 aliphatic carbocycles. The Morgan fingerprint density at radius 3 is 2.48 bits per heavy atom. The van der Waals surface area contributed by atoms with Crippen LogP contribution in [0.25, 0.3) is 17.4 Å². The zero-order valence-electron chi connectivity index (χ0n) is 11.2. The summed E-state index contributed by atoms with van der Waals surface area (Å²) in [5.41, 5.74) is -2.09. The maximum atomic E-state index is 12.6. The zero-order valence-corrected chi connectivity index (χ0v) is 11.2. The van der Waals surface area contributed by atoms with Gasteiger partial charge in [-0.15, -0.1) is 0 Å². The van der Waals surface area contributed by atoms with Crippen LogP contribution in [0.2, 0.25) is 0 Å². The summed E-state index contributed by atoms with van der Waals surface area (Å²) in [7, 11) is 0. The molecule has 1 aromatic heterocycles. The smallest absolute Gasteiger partial charge is 0.416 e. The molecule has 120 valence electrons. The first-order chi connectivity index (χ1) is 10.7. The summed E-state index contributed by atoms with van der Waals surface area (Å²) in [6.45, 7) is 0. The average Bonchev–Trinajstić information content (AvgIpc) is 2.92. The van der Waals surface area contributed by atoms with Gasteiger partial charge in [0.15, 0.2) is 0 Å². The first kappa shape index (κ1) is 16.3. The monoisotopic (exact) mass is 326 g/mol. The van der Waals surface area contributed by atoms with Crippen molar-refractivity contribution in [3.63, 3.8) is 0 Å². The lowest BCUT2D eigenvalue weighted by Crippen LogP contribution is -2.18. The Morgan fingerprint density at radius 2 is 1.91 bits per heavy atom. The average molecular weight is 326 g/mol. The van der Waals surface area contributed by atoms with Gasteiger partial charge in [-0.2, -0.15) is 13.2 Å². The zero-order chi connectivity index (χ0) is 17.2. The van der Waals surface area contributed by atoms with Gasteiger partial charge in [-0.3, -0.25) is 10.1 Å². The van der Waals surface area contributed by atoms with Crippen molar-refractivity contribution in [3.8, 4) is 11.3 Å². The first-order valence-electron chi connectivity index (χ1n) is 6.03. The van der Waals surface area contributed by atoms with Crippen molar-refractivity contribution in [1.82, 2.24) is 0 Å². The minimum atomic E-state index is -4.71. The number of nitro benzene ring substituents is 1. The molecule has 0 aliphatic heterocycles. The van der Waals surface area contributed by atoms with Gasteiger partial charge in [0.05, 0.1) is 22.0 Å². The fourth-order valence-corrected chi connectivity index (χ4v) is 1.80. The summed E-state index contributed by atoms with van der Waals surface area (Å²) in [6, 6.07) is 4.63. The number of aliphatic carboxylic acids is 1. The summed E-state index contributed by atoms with van der Waals surface area (Å²) in [4.78, 5) is 20.3. The highest BCUT2D eigenvalue weighted by atomic mass is 19.4. The molecule has 0 bridgehead atoms. The predicted octanol–water partition coefficient (Wildman–Crippen LogP) is 2.64. The van der Waals surface area contributed by atoms with Crippen LogP contribution in [0, 0.1) is 10.1 Å². The third-order valence-corrected chi connectivity index (χ3v) is 2.80. The standard InChI is InChI=1S/C14H8F3NO5/c15-14(16,17)8-1-4-10(11(7-8)18(21)22)12-5-2-9(23-12)3-6-13(19)20/h1-7H,(H,19,20)/p-1/b6-3+. The Labute approximate surface area is 126 Å². The van der Waals surface area contributed by atoms with Crippen LogP contribution in [0.15, 0.2) is 40.8 Å². The van der Waals surface area contributed by atoms with Gasteiger partial charge in [0.2, 0.25) is 0 Å². The van der Waals surface area contributed by atoms with Crippen molar-refractivity contribution < 1.29 is 32.4 Å². The van der Waals surface area contributed by atoms with Crippen LogP contribution in [-0.2, 0) is 11.0 Å². The van der Waals surface area contributed by atoms with E-state index in [1.54, 1.807) is 0 Å². The van der Waals surface area contributed by atoms with Gasteiger partial charge < -0.3 is 14.3 Å². The third kappa shape index (κ3) is 3.76. The van der Waals surface area contributed by atoms with Gasteiger partial charge in [-0.1, -0.05) is 0 Å². The van der Waals surface area contributed by atoms with E-state index in [0.29, 0.717) is 18.2 Å². The molecule has 0 saturated carbocycles. The molecular formula is C14H7F3NO5-. The summed E-state index contributed by atoms with van der Waals surface area (Å²) >= 11 is 0. The number of carbonyl (C=O) groups is 1. The third-order valence-electron chi connectivity index (χ3n) is 2.80. The summed E-state index contributed by atoms with van der Waals surface area (Å²) in [5, 5.41) is 21.3. The van der Waals surface area contributed by atoms with Gasteiger partial charge in [0.25, 0.3) is 5.69 Å². The van der Waals surface area contributed by atoms with Crippen LogP contribution >= 0.6 is 0 Å². The number of carbonyl (C=O) groups excluding carboxylic acids is 1. The Bertz CT molecular complexity index is 792. The minimum Gasteiger partial charge on any atom is -0.545 e. The first-order valence-corrected chi connectivity index (χ1v) is 6.03. The van der Waals surface area contributed by atoms with Crippen LogP contribution in [-0.4, -0.2) is 10.9 Å². The highest BCUT2D eigenvalue weighted by Gasteiger charge is 2.33. The molecule has 0 N–H and O–H groups in total. The van der Waals surface area contributed by atoms with Gasteiger partial charge in [0.1, 0.15) is 11.5 Å². The number of rotatable bonds is 4. The SMILES string of the molecule is O=C([O-])/C=C/c1ccc(-c2ccc(C(F)(F)F)cc2[N+](=O)[O-])o1. The molecule has 6 nitrogen and oxygen atoms in total. The fraction of sp³-hybridized carbons (Fsp3) is 0.0714. The Hall–Kier alpha value is -3.10. The second kappa shape index (κ2) is 5.95. The number of benzene rings is 1. The predicted molar refractivity (Wildman–Crippen MR) is 69.8 cm³/mol. The molecule has 0 fully saturated rings. The van der Waals surface area contributed by atoms with Crippen molar-refractivity contribution in [2.45, 2.75) is 6.18 Å². The Kier molecular flexibility index (Phi) is 4.21. The maximum absolute atomic E-state index is 12.6. The highest BCUT2D eigenvalue weighted by Crippen LogP contribution is 2.37. The van der Waals surface area contributed by atoms with E-state index in [-0.39, 0.29) is 17.1 Å². The van der Waals surface area contributed by atoms with Crippen molar-refractivity contribution >= 4 is 17.7 Å². The minimum absolute atomic E-state index is 0.0541. The van der Waals surface area contributed by atoms with Gasteiger partial charge in [-0.05, 0) is 36.4 Å². The van der Waals surface area contributed by atoms with E-state index >= 15 is 0 Å². The summed E-state index contributed by atoms with van der Waals surface area (Å²) in [5.74, 6) is -1.48. The van der Waals surface area contributed by atoms with E-state index in [4.69, 9.17) is 4.42 Å². The van der Waals surface area contributed by atoms with E-state index in [1.165, 1.54) is 12.1 Å². The molecule has 9 heteroatoms.